The largest absolute Gasteiger partial charge is 0.464 e. The van der Waals surface area contributed by atoms with Crippen LogP contribution in [0.15, 0.2) is 45.7 Å². The Bertz CT molecular complexity index is 1280. The van der Waals surface area contributed by atoms with Gasteiger partial charge in [0.1, 0.15) is 5.69 Å². The number of esters is 1. The molecule has 1 amide bonds. The summed E-state index contributed by atoms with van der Waals surface area (Å²) in [6.07, 6.45) is 1.03. The maximum Gasteiger partial charge on any atom is 0.356 e. The molecule has 1 fully saturated rings. The number of methoxy groups -OCH3 is 1. The minimum Gasteiger partial charge on any atom is -0.464 e. The lowest BCUT2D eigenvalue weighted by atomic mass is 9.83. The molecule has 4 heterocycles. The van der Waals surface area contributed by atoms with E-state index in [0.29, 0.717) is 18.2 Å². The fraction of sp³-hybridized carbons (Fsp3) is 0.348. The third-order valence-corrected chi connectivity index (χ3v) is 6.83. The maximum absolute atomic E-state index is 13.0. The highest BCUT2D eigenvalue weighted by atomic mass is 79.9. The standard InChI is InChI=1S/C23H23BrN4O4/c1-32-23(31)22-21(16-8-15(24)5-6-17(16)25-22)26-19(29)12-27-9-13-7-14(11-27)18-3-2-4-20(30)28(18)10-13/h2-6,8,13-14,25H,7,9-12H2,1H3,(H,26,29)/t13-,14-/m1/s1. The van der Waals surface area contributed by atoms with Gasteiger partial charge < -0.3 is 19.6 Å². The molecule has 0 spiro atoms. The zero-order valence-corrected chi connectivity index (χ0v) is 19.1. The second-order valence-electron chi connectivity index (χ2n) is 8.50. The van der Waals surface area contributed by atoms with Crippen LogP contribution in [0.2, 0.25) is 0 Å². The highest BCUT2D eigenvalue weighted by Crippen LogP contribution is 2.35. The van der Waals surface area contributed by atoms with Gasteiger partial charge in [0.05, 0.1) is 19.3 Å². The topological polar surface area (TPSA) is 96.4 Å². The van der Waals surface area contributed by atoms with E-state index in [1.54, 1.807) is 6.07 Å². The minimum atomic E-state index is -0.540. The first-order chi connectivity index (χ1) is 15.4. The fourth-order valence-electron chi connectivity index (χ4n) is 5.06. The Morgan fingerprint density at radius 1 is 1.22 bits per heavy atom. The van der Waals surface area contributed by atoms with E-state index in [1.807, 2.05) is 34.9 Å². The molecule has 9 heteroatoms. The normalized spacial score (nSPS) is 20.1. The van der Waals surface area contributed by atoms with Crippen molar-refractivity contribution in [1.29, 1.82) is 0 Å². The van der Waals surface area contributed by atoms with Gasteiger partial charge >= 0.3 is 5.97 Å². The van der Waals surface area contributed by atoms with Crippen LogP contribution in [0.5, 0.6) is 0 Å². The summed E-state index contributed by atoms with van der Waals surface area (Å²) in [5.41, 5.74) is 2.47. The van der Waals surface area contributed by atoms with Crippen molar-refractivity contribution in [3.8, 4) is 0 Å². The van der Waals surface area contributed by atoms with Gasteiger partial charge in [-0.1, -0.05) is 22.0 Å². The quantitative estimate of drug-likeness (QED) is 0.539. The number of amides is 1. The lowest BCUT2D eigenvalue weighted by Crippen LogP contribution is -2.49. The Morgan fingerprint density at radius 3 is 2.88 bits per heavy atom. The number of hydrogen-bond acceptors (Lipinski definition) is 5. The predicted molar refractivity (Wildman–Crippen MR) is 124 cm³/mol. The summed E-state index contributed by atoms with van der Waals surface area (Å²) >= 11 is 3.45. The minimum absolute atomic E-state index is 0.0456. The number of anilines is 1. The maximum atomic E-state index is 13.0. The molecule has 0 aliphatic carbocycles. The average molecular weight is 499 g/mol. The van der Waals surface area contributed by atoms with E-state index in [1.165, 1.54) is 7.11 Å². The summed E-state index contributed by atoms with van der Waals surface area (Å²) < 4.78 is 7.61. The van der Waals surface area contributed by atoms with E-state index in [2.05, 4.69) is 31.1 Å². The monoisotopic (exact) mass is 498 g/mol. The van der Waals surface area contributed by atoms with Crippen LogP contribution in [0.4, 0.5) is 5.69 Å². The van der Waals surface area contributed by atoms with Gasteiger partial charge in [0, 0.05) is 52.7 Å². The SMILES string of the molecule is COC(=O)c1[nH]c2ccc(Br)cc2c1NC(=O)CN1C[C@H]2C[C@H](C1)c1cccc(=O)n1C2. The van der Waals surface area contributed by atoms with Crippen molar-refractivity contribution in [1.82, 2.24) is 14.5 Å². The number of pyridine rings is 1. The average Bonchev–Trinajstić information content (AvgIpc) is 3.11. The number of nitrogens with zero attached hydrogens (tertiary/aromatic N) is 2. The number of carbonyl (C=O) groups excluding carboxylic acids is 2. The third kappa shape index (κ3) is 3.75. The van der Waals surface area contributed by atoms with Gasteiger partial charge in [-0.05, 0) is 36.6 Å². The zero-order chi connectivity index (χ0) is 22.4. The summed E-state index contributed by atoms with van der Waals surface area (Å²) in [5.74, 6) is -0.161. The molecule has 0 saturated carbocycles. The van der Waals surface area contributed by atoms with Crippen molar-refractivity contribution in [3.05, 3.63) is 62.6 Å². The Labute approximate surface area is 192 Å². The number of fused-ring (bicyclic) bond motifs is 5. The number of hydrogen-bond donors (Lipinski definition) is 2. The van der Waals surface area contributed by atoms with Crippen molar-refractivity contribution in [2.75, 3.05) is 32.1 Å². The molecule has 8 nitrogen and oxygen atoms in total. The first kappa shape index (κ1) is 21.0. The van der Waals surface area contributed by atoms with Gasteiger partial charge in [0.15, 0.2) is 0 Å². The number of aromatic amines is 1. The van der Waals surface area contributed by atoms with E-state index < -0.39 is 5.97 Å². The summed E-state index contributed by atoms with van der Waals surface area (Å²) in [5, 5.41) is 3.66. The Morgan fingerprint density at radius 2 is 2.06 bits per heavy atom. The van der Waals surface area contributed by atoms with Crippen LogP contribution in [0.1, 0.15) is 28.5 Å². The van der Waals surface area contributed by atoms with Gasteiger partial charge in [0.25, 0.3) is 5.56 Å². The highest BCUT2D eigenvalue weighted by Gasteiger charge is 2.35. The fourth-order valence-corrected chi connectivity index (χ4v) is 5.42. The lowest BCUT2D eigenvalue weighted by Gasteiger charge is -2.42. The van der Waals surface area contributed by atoms with Gasteiger partial charge in [-0.15, -0.1) is 0 Å². The summed E-state index contributed by atoms with van der Waals surface area (Å²) in [6, 6.07) is 11.0. The van der Waals surface area contributed by atoms with E-state index in [9.17, 15) is 14.4 Å². The molecule has 166 valence electrons. The van der Waals surface area contributed by atoms with Gasteiger partial charge in [-0.3, -0.25) is 14.5 Å². The number of ether oxygens (including phenoxy) is 1. The predicted octanol–water partition coefficient (Wildman–Crippen LogP) is 2.94. The van der Waals surface area contributed by atoms with Crippen LogP contribution < -0.4 is 10.9 Å². The molecule has 1 aromatic carbocycles. The summed E-state index contributed by atoms with van der Waals surface area (Å²) in [4.78, 5) is 42.7. The van der Waals surface area contributed by atoms with E-state index in [4.69, 9.17) is 4.74 Å². The van der Waals surface area contributed by atoms with Crippen LogP contribution in [0, 0.1) is 5.92 Å². The molecule has 1 saturated heterocycles. The molecule has 0 radical (unpaired) electrons. The van der Waals surface area contributed by atoms with Crippen molar-refractivity contribution in [2.24, 2.45) is 5.92 Å². The van der Waals surface area contributed by atoms with Gasteiger partial charge in [-0.25, -0.2) is 4.79 Å². The number of benzene rings is 1. The number of nitrogens with one attached hydrogen (secondary N) is 2. The molecule has 3 aromatic rings. The molecule has 2 atom stereocenters. The number of likely N-dealkylation sites (tertiary alicyclic amines) is 1. The smallest absolute Gasteiger partial charge is 0.356 e. The first-order valence-corrected chi connectivity index (χ1v) is 11.3. The number of halogens is 1. The van der Waals surface area contributed by atoms with Crippen LogP contribution >= 0.6 is 15.9 Å². The number of aromatic nitrogens is 2. The number of rotatable bonds is 4. The molecular weight excluding hydrogens is 476 g/mol. The molecule has 2 aliphatic rings. The molecule has 2 aromatic heterocycles. The second kappa shape index (κ2) is 8.22. The summed E-state index contributed by atoms with van der Waals surface area (Å²) in [6.45, 7) is 2.38. The molecule has 0 unspecified atom stereocenters. The van der Waals surface area contributed by atoms with Crippen molar-refractivity contribution < 1.29 is 14.3 Å². The van der Waals surface area contributed by atoms with Gasteiger partial charge in [0.2, 0.25) is 5.91 Å². The van der Waals surface area contributed by atoms with Crippen LogP contribution in [-0.2, 0) is 16.1 Å². The molecule has 2 bridgehead atoms. The van der Waals surface area contributed by atoms with Crippen molar-refractivity contribution in [3.63, 3.8) is 0 Å². The molecular formula is C23H23BrN4O4. The molecule has 5 rings (SSSR count). The Kier molecular flexibility index (Phi) is 5.38. The lowest BCUT2D eigenvalue weighted by molar-refractivity contribution is -0.117. The van der Waals surface area contributed by atoms with E-state index in [-0.39, 0.29) is 29.6 Å². The van der Waals surface area contributed by atoms with Crippen LogP contribution in [-0.4, -0.2) is 53.1 Å². The zero-order valence-electron chi connectivity index (χ0n) is 17.6. The van der Waals surface area contributed by atoms with Crippen molar-refractivity contribution >= 4 is 44.4 Å². The van der Waals surface area contributed by atoms with Crippen LogP contribution in [0.25, 0.3) is 10.9 Å². The first-order valence-electron chi connectivity index (χ1n) is 10.5. The third-order valence-electron chi connectivity index (χ3n) is 6.34. The summed E-state index contributed by atoms with van der Waals surface area (Å²) in [7, 11) is 1.31. The molecule has 2 N–H and O–H groups in total. The van der Waals surface area contributed by atoms with Crippen molar-refractivity contribution in [2.45, 2.75) is 18.9 Å². The molecule has 32 heavy (non-hydrogen) atoms. The molecule has 2 aliphatic heterocycles. The second-order valence-corrected chi connectivity index (χ2v) is 9.41. The van der Waals surface area contributed by atoms with Crippen LogP contribution in [0.3, 0.4) is 0 Å². The van der Waals surface area contributed by atoms with E-state index in [0.717, 1.165) is 40.6 Å². The number of carbonyl (C=O) groups is 2. The number of piperidine rings is 1. The Hall–Kier alpha value is -2.91. The van der Waals surface area contributed by atoms with E-state index >= 15 is 0 Å². The Balaban J connectivity index is 1.36. The van der Waals surface area contributed by atoms with Gasteiger partial charge in [-0.2, -0.15) is 0 Å². The number of H-pyrrole nitrogens is 1. The highest BCUT2D eigenvalue weighted by molar-refractivity contribution is 9.10.